The smallest absolute Gasteiger partial charge is 0.340 e. The molecule has 5 rings (SSSR count). The second-order valence-corrected chi connectivity index (χ2v) is 6.94. The fourth-order valence-corrected chi connectivity index (χ4v) is 4.23. The maximum absolute atomic E-state index is 13.3. The SMILES string of the molecule is COc1cccc([C@@H]2N(c3cccc4ccccc34)C(=O)N3CCCN23)c1. The summed E-state index contributed by atoms with van der Waals surface area (Å²) in [6.07, 6.45) is 0.830. The monoisotopic (exact) mass is 359 g/mol. The first kappa shape index (κ1) is 16.1. The molecule has 0 aromatic heterocycles. The summed E-state index contributed by atoms with van der Waals surface area (Å²) in [6.45, 7) is 1.63. The highest BCUT2D eigenvalue weighted by Gasteiger charge is 2.48. The lowest BCUT2D eigenvalue weighted by Gasteiger charge is -2.29. The van der Waals surface area contributed by atoms with Crippen LogP contribution in [0.5, 0.6) is 5.75 Å². The van der Waals surface area contributed by atoms with Gasteiger partial charge in [0.25, 0.3) is 0 Å². The average molecular weight is 359 g/mol. The Balaban J connectivity index is 1.69. The van der Waals surface area contributed by atoms with E-state index in [1.807, 2.05) is 52.4 Å². The number of methoxy groups -OCH3 is 1. The molecule has 0 radical (unpaired) electrons. The van der Waals surface area contributed by atoms with Crippen LogP contribution in [0.2, 0.25) is 0 Å². The molecule has 3 aromatic carbocycles. The van der Waals surface area contributed by atoms with Crippen LogP contribution in [0, 0.1) is 0 Å². The summed E-state index contributed by atoms with van der Waals surface area (Å²) in [7, 11) is 1.67. The van der Waals surface area contributed by atoms with Crippen LogP contribution in [0.15, 0.2) is 66.7 Å². The lowest BCUT2D eigenvalue weighted by molar-refractivity contribution is 0.0727. The maximum atomic E-state index is 13.3. The number of carbonyl (C=O) groups is 1. The summed E-state index contributed by atoms with van der Waals surface area (Å²) in [5, 5.41) is 6.28. The Hall–Kier alpha value is -3.05. The van der Waals surface area contributed by atoms with Gasteiger partial charge in [-0.15, -0.1) is 0 Å². The highest BCUT2D eigenvalue weighted by Crippen LogP contribution is 2.43. The molecular weight excluding hydrogens is 338 g/mol. The standard InChI is InChI=1S/C22H21N3O2/c1-27-18-10-4-9-17(15-18)21-23-13-6-14-24(23)22(26)25(21)20-12-5-8-16-7-2-3-11-19(16)20/h2-5,7-12,15,21H,6,13-14H2,1H3/t21-/m0/s1. The first-order chi connectivity index (χ1) is 13.3. The van der Waals surface area contributed by atoms with Crippen LogP contribution in [0.25, 0.3) is 10.8 Å². The number of benzene rings is 3. The highest BCUT2D eigenvalue weighted by atomic mass is 16.5. The third-order valence-corrected chi connectivity index (χ3v) is 5.44. The van der Waals surface area contributed by atoms with Crippen LogP contribution in [0.4, 0.5) is 10.5 Å². The molecule has 2 saturated heterocycles. The van der Waals surface area contributed by atoms with Crippen molar-refractivity contribution in [3.63, 3.8) is 0 Å². The summed E-state index contributed by atoms with van der Waals surface area (Å²) in [5.41, 5.74) is 2.00. The van der Waals surface area contributed by atoms with Crippen LogP contribution in [0.3, 0.4) is 0 Å². The summed E-state index contributed by atoms with van der Waals surface area (Å²) in [5.74, 6) is 0.801. The summed E-state index contributed by atoms with van der Waals surface area (Å²) in [6, 6.07) is 22.4. The minimum atomic E-state index is -0.166. The number of ether oxygens (including phenoxy) is 1. The Kier molecular flexibility index (Phi) is 3.76. The molecule has 136 valence electrons. The van der Waals surface area contributed by atoms with E-state index in [0.29, 0.717) is 0 Å². The zero-order valence-corrected chi connectivity index (χ0v) is 15.2. The topological polar surface area (TPSA) is 36.0 Å². The molecule has 5 heteroatoms. The molecule has 0 aliphatic carbocycles. The fourth-order valence-electron chi connectivity index (χ4n) is 4.23. The fraction of sp³-hybridized carbons (Fsp3) is 0.227. The predicted molar refractivity (Wildman–Crippen MR) is 106 cm³/mol. The van der Waals surface area contributed by atoms with Gasteiger partial charge in [-0.3, -0.25) is 9.91 Å². The van der Waals surface area contributed by atoms with Crippen molar-refractivity contribution >= 4 is 22.5 Å². The highest BCUT2D eigenvalue weighted by molar-refractivity contribution is 6.04. The van der Waals surface area contributed by atoms with Gasteiger partial charge in [-0.25, -0.2) is 4.79 Å². The van der Waals surface area contributed by atoms with Gasteiger partial charge in [-0.05, 0) is 35.6 Å². The quantitative estimate of drug-likeness (QED) is 0.695. The molecule has 2 heterocycles. The molecule has 2 fully saturated rings. The van der Waals surface area contributed by atoms with Crippen LogP contribution < -0.4 is 9.64 Å². The number of carbonyl (C=O) groups excluding carboxylic acids is 1. The summed E-state index contributed by atoms with van der Waals surface area (Å²) in [4.78, 5) is 15.3. The average Bonchev–Trinajstić information content (AvgIpc) is 3.30. The van der Waals surface area contributed by atoms with Crippen LogP contribution in [-0.2, 0) is 0 Å². The molecule has 2 aliphatic rings. The lowest BCUT2D eigenvalue weighted by atomic mass is 10.1. The third-order valence-electron chi connectivity index (χ3n) is 5.44. The normalized spacial score (nSPS) is 19.7. The zero-order valence-electron chi connectivity index (χ0n) is 15.2. The van der Waals surface area contributed by atoms with E-state index in [4.69, 9.17) is 4.74 Å². The van der Waals surface area contributed by atoms with Crippen LogP contribution in [-0.4, -0.2) is 36.2 Å². The van der Waals surface area contributed by atoms with E-state index in [9.17, 15) is 4.79 Å². The van der Waals surface area contributed by atoms with Gasteiger partial charge in [0.15, 0.2) is 0 Å². The van der Waals surface area contributed by atoms with Gasteiger partial charge >= 0.3 is 6.03 Å². The van der Waals surface area contributed by atoms with E-state index >= 15 is 0 Å². The number of amides is 2. The van der Waals surface area contributed by atoms with Gasteiger partial charge in [0.1, 0.15) is 11.9 Å². The van der Waals surface area contributed by atoms with Crippen molar-refractivity contribution in [1.29, 1.82) is 0 Å². The van der Waals surface area contributed by atoms with E-state index in [0.717, 1.165) is 47.3 Å². The zero-order chi connectivity index (χ0) is 18.4. The van der Waals surface area contributed by atoms with Gasteiger partial charge in [0.2, 0.25) is 0 Å². The van der Waals surface area contributed by atoms with E-state index < -0.39 is 0 Å². The molecule has 0 saturated carbocycles. The van der Waals surface area contributed by atoms with Crippen LogP contribution >= 0.6 is 0 Å². The van der Waals surface area contributed by atoms with Crippen molar-refractivity contribution in [2.75, 3.05) is 25.1 Å². The molecule has 0 unspecified atom stereocenters. The second-order valence-electron chi connectivity index (χ2n) is 6.94. The number of rotatable bonds is 3. The van der Waals surface area contributed by atoms with Gasteiger partial charge < -0.3 is 4.74 Å². The minimum Gasteiger partial charge on any atom is -0.497 e. The molecule has 3 aromatic rings. The Morgan fingerprint density at radius 3 is 2.67 bits per heavy atom. The van der Waals surface area contributed by atoms with Gasteiger partial charge in [-0.1, -0.05) is 48.5 Å². The molecule has 2 aliphatic heterocycles. The number of fused-ring (bicyclic) bond motifs is 2. The Morgan fingerprint density at radius 2 is 1.78 bits per heavy atom. The van der Waals surface area contributed by atoms with Crippen molar-refractivity contribution in [2.45, 2.75) is 12.6 Å². The Bertz CT molecular complexity index is 1010. The number of urea groups is 1. The van der Waals surface area contributed by atoms with Gasteiger partial charge in [-0.2, -0.15) is 5.01 Å². The summed E-state index contributed by atoms with van der Waals surface area (Å²) < 4.78 is 5.43. The van der Waals surface area contributed by atoms with E-state index in [2.05, 4.69) is 29.3 Å². The predicted octanol–water partition coefficient (Wildman–Crippen LogP) is 4.41. The van der Waals surface area contributed by atoms with Crippen molar-refractivity contribution < 1.29 is 9.53 Å². The van der Waals surface area contributed by atoms with Gasteiger partial charge in [0.05, 0.1) is 12.8 Å². The van der Waals surface area contributed by atoms with Crippen molar-refractivity contribution in [2.24, 2.45) is 0 Å². The molecular formula is C22H21N3O2. The second kappa shape index (κ2) is 6.28. The number of hydrogen-bond acceptors (Lipinski definition) is 3. The molecule has 0 N–H and O–H groups in total. The van der Waals surface area contributed by atoms with Crippen molar-refractivity contribution in [3.05, 3.63) is 72.3 Å². The Morgan fingerprint density at radius 1 is 0.963 bits per heavy atom. The molecule has 1 atom stereocenters. The minimum absolute atomic E-state index is 0.0386. The summed E-state index contributed by atoms with van der Waals surface area (Å²) >= 11 is 0. The molecule has 5 nitrogen and oxygen atoms in total. The largest absolute Gasteiger partial charge is 0.497 e. The molecule has 0 bridgehead atoms. The van der Waals surface area contributed by atoms with Crippen molar-refractivity contribution in [1.82, 2.24) is 10.0 Å². The lowest BCUT2D eigenvalue weighted by Crippen LogP contribution is -2.32. The third kappa shape index (κ3) is 2.46. The van der Waals surface area contributed by atoms with Crippen molar-refractivity contribution in [3.8, 4) is 5.75 Å². The molecule has 0 spiro atoms. The first-order valence-electron chi connectivity index (χ1n) is 9.27. The Labute approximate surface area is 158 Å². The van der Waals surface area contributed by atoms with E-state index in [1.165, 1.54) is 0 Å². The molecule has 2 amide bonds. The maximum Gasteiger partial charge on any atom is 0.340 e. The van der Waals surface area contributed by atoms with E-state index in [-0.39, 0.29) is 12.2 Å². The number of anilines is 1. The van der Waals surface area contributed by atoms with Gasteiger partial charge in [0, 0.05) is 18.5 Å². The number of hydrazine groups is 1. The van der Waals surface area contributed by atoms with Crippen LogP contribution in [0.1, 0.15) is 18.2 Å². The molecule has 27 heavy (non-hydrogen) atoms. The number of nitrogens with zero attached hydrogens (tertiary/aromatic N) is 3. The van der Waals surface area contributed by atoms with E-state index in [1.54, 1.807) is 7.11 Å². The number of hydrogen-bond donors (Lipinski definition) is 0. The first-order valence-corrected chi connectivity index (χ1v) is 9.27.